The summed E-state index contributed by atoms with van der Waals surface area (Å²) in [7, 11) is 0. The summed E-state index contributed by atoms with van der Waals surface area (Å²) < 4.78 is 6.35. The zero-order chi connectivity index (χ0) is 13.1. The van der Waals surface area contributed by atoms with Crippen molar-refractivity contribution in [3.8, 4) is 5.75 Å². The van der Waals surface area contributed by atoms with Crippen LogP contribution in [0.15, 0.2) is 30.3 Å². The van der Waals surface area contributed by atoms with Gasteiger partial charge in [-0.1, -0.05) is 29.3 Å². The van der Waals surface area contributed by atoms with Gasteiger partial charge in [-0.05, 0) is 36.8 Å². The van der Waals surface area contributed by atoms with Crippen LogP contribution < -0.4 is 4.74 Å². The van der Waals surface area contributed by atoms with E-state index < -0.39 is 6.10 Å². The van der Waals surface area contributed by atoms with Crippen molar-refractivity contribution in [1.82, 2.24) is 0 Å². The van der Waals surface area contributed by atoms with E-state index in [1.54, 1.807) is 25.1 Å². The molecule has 5 heteroatoms. The summed E-state index contributed by atoms with van der Waals surface area (Å²) in [6.07, 6.45) is -0.535. The number of benzene rings is 1. The van der Waals surface area contributed by atoms with Crippen LogP contribution in [0.4, 0.5) is 0 Å². The molecule has 2 nitrogen and oxygen atoms in total. The molecular weight excluding hydrogens is 291 g/mol. The van der Waals surface area contributed by atoms with Gasteiger partial charge < -0.3 is 9.84 Å². The van der Waals surface area contributed by atoms with Crippen molar-refractivity contribution in [3.63, 3.8) is 0 Å². The molecule has 1 N–H and O–H groups in total. The molecule has 96 valence electrons. The van der Waals surface area contributed by atoms with Crippen molar-refractivity contribution in [3.05, 3.63) is 50.1 Å². The highest BCUT2D eigenvalue weighted by molar-refractivity contribution is 7.16. The fourth-order valence-corrected chi connectivity index (χ4v) is 2.72. The Morgan fingerprint density at radius 3 is 2.61 bits per heavy atom. The molecule has 1 atom stereocenters. The minimum absolute atomic E-state index is 0.436. The molecule has 18 heavy (non-hydrogen) atoms. The number of thiophene rings is 1. The molecular formula is C13H12Cl2O2S. The Bertz CT molecular complexity index is 538. The van der Waals surface area contributed by atoms with Gasteiger partial charge in [0.05, 0.1) is 15.5 Å². The third-order valence-electron chi connectivity index (χ3n) is 2.44. The predicted octanol–water partition coefficient (Wildman–Crippen LogP) is 4.69. The second kappa shape index (κ2) is 5.93. The van der Waals surface area contributed by atoms with Gasteiger partial charge in [0.15, 0.2) is 0 Å². The summed E-state index contributed by atoms with van der Waals surface area (Å²) in [6, 6.07) is 9.03. The highest BCUT2D eigenvalue weighted by Crippen LogP contribution is 2.29. The summed E-state index contributed by atoms with van der Waals surface area (Å²) in [5.41, 5.74) is 0.770. The molecule has 1 aromatic carbocycles. The molecule has 0 amide bonds. The van der Waals surface area contributed by atoms with Gasteiger partial charge >= 0.3 is 0 Å². The highest BCUT2D eigenvalue weighted by Gasteiger charge is 2.07. The molecule has 0 aliphatic heterocycles. The minimum Gasteiger partial charge on any atom is -0.487 e. The molecule has 2 aromatic rings. The SMILES string of the molecule is C[C@H](O)c1ccc(OCc2ccc(Cl)s2)c(Cl)c1. The van der Waals surface area contributed by atoms with Crippen LogP contribution in [-0.4, -0.2) is 5.11 Å². The molecule has 0 unspecified atom stereocenters. The summed E-state index contributed by atoms with van der Waals surface area (Å²) in [5.74, 6) is 0.602. The number of hydrogen-bond acceptors (Lipinski definition) is 3. The van der Waals surface area contributed by atoms with Crippen LogP contribution in [0, 0.1) is 0 Å². The van der Waals surface area contributed by atoms with Crippen LogP contribution in [0.2, 0.25) is 9.36 Å². The van der Waals surface area contributed by atoms with Crippen LogP contribution >= 0.6 is 34.5 Å². The van der Waals surface area contributed by atoms with Crippen LogP contribution in [-0.2, 0) is 6.61 Å². The van der Waals surface area contributed by atoms with Gasteiger partial charge in [-0.15, -0.1) is 11.3 Å². The zero-order valence-corrected chi connectivity index (χ0v) is 12.0. The summed E-state index contributed by atoms with van der Waals surface area (Å²) in [5, 5.41) is 9.93. The third kappa shape index (κ3) is 3.39. The molecule has 0 radical (unpaired) electrons. The smallest absolute Gasteiger partial charge is 0.138 e. The van der Waals surface area contributed by atoms with Crippen LogP contribution in [0.3, 0.4) is 0 Å². The minimum atomic E-state index is -0.535. The Morgan fingerprint density at radius 1 is 1.28 bits per heavy atom. The van der Waals surface area contributed by atoms with Crippen LogP contribution in [0.5, 0.6) is 5.75 Å². The van der Waals surface area contributed by atoms with Gasteiger partial charge in [0.2, 0.25) is 0 Å². The molecule has 0 fully saturated rings. The predicted molar refractivity (Wildman–Crippen MR) is 75.7 cm³/mol. The largest absolute Gasteiger partial charge is 0.487 e. The first-order valence-corrected chi connectivity index (χ1v) is 6.98. The van der Waals surface area contributed by atoms with Crippen molar-refractivity contribution < 1.29 is 9.84 Å². The Kier molecular flexibility index (Phi) is 4.51. The van der Waals surface area contributed by atoms with E-state index in [1.165, 1.54) is 11.3 Å². The van der Waals surface area contributed by atoms with Gasteiger partial charge in [-0.3, -0.25) is 0 Å². The highest BCUT2D eigenvalue weighted by atomic mass is 35.5. The van der Waals surface area contributed by atoms with Gasteiger partial charge in [-0.25, -0.2) is 0 Å². The van der Waals surface area contributed by atoms with Crippen molar-refractivity contribution >= 4 is 34.5 Å². The first-order chi connectivity index (χ1) is 8.56. The third-order valence-corrected chi connectivity index (χ3v) is 3.94. The number of aliphatic hydroxyl groups excluding tert-OH is 1. The van der Waals surface area contributed by atoms with E-state index >= 15 is 0 Å². The summed E-state index contributed by atoms with van der Waals surface area (Å²) >= 11 is 13.4. The quantitative estimate of drug-likeness (QED) is 0.888. The Balaban J connectivity index is 2.05. The number of hydrogen-bond donors (Lipinski definition) is 1. The Hall–Kier alpha value is -0.740. The van der Waals surface area contributed by atoms with Gasteiger partial charge in [0.25, 0.3) is 0 Å². The monoisotopic (exact) mass is 302 g/mol. The van der Waals surface area contributed by atoms with Crippen molar-refractivity contribution in [2.75, 3.05) is 0 Å². The van der Waals surface area contributed by atoms with Crippen molar-refractivity contribution in [1.29, 1.82) is 0 Å². The first-order valence-electron chi connectivity index (χ1n) is 5.41. The summed E-state index contributed by atoms with van der Waals surface area (Å²) in [4.78, 5) is 1.04. The lowest BCUT2D eigenvalue weighted by Crippen LogP contribution is -1.96. The summed E-state index contributed by atoms with van der Waals surface area (Å²) in [6.45, 7) is 2.13. The van der Waals surface area contributed by atoms with Gasteiger partial charge in [-0.2, -0.15) is 0 Å². The van der Waals surface area contributed by atoms with E-state index in [0.717, 1.165) is 14.8 Å². The maximum Gasteiger partial charge on any atom is 0.138 e. The number of aliphatic hydroxyl groups is 1. The van der Waals surface area contributed by atoms with E-state index in [0.29, 0.717) is 17.4 Å². The standard InChI is InChI=1S/C13H12Cl2O2S/c1-8(16)9-2-4-12(11(14)6-9)17-7-10-3-5-13(15)18-10/h2-6,8,16H,7H2,1H3/t8-/m0/s1. The molecule has 2 rings (SSSR count). The van der Waals surface area contributed by atoms with E-state index in [2.05, 4.69) is 0 Å². The average molecular weight is 303 g/mol. The lowest BCUT2D eigenvalue weighted by molar-refractivity contribution is 0.199. The zero-order valence-electron chi connectivity index (χ0n) is 9.69. The maximum atomic E-state index is 9.44. The molecule has 0 bridgehead atoms. The number of rotatable bonds is 4. The first kappa shape index (κ1) is 13.7. The fourth-order valence-electron chi connectivity index (χ4n) is 1.47. The number of ether oxygens (including phenoxy) is 1. The van der Waals surface area contributed by atoms with Crippen molar-refractivity contribution in [2.45, 2.75) is 19.6 Å². The molecule has 0 saturated carbocycles. The van der Waals surface area contributed by atoms with E-state index in [4.69, 9.17) is 27.9 Å². The normalized spacial score (nSPS) is 12.4. The molecule has 0 saturated heterocycles. The van der Waals surface area contributed by atoms with Gasteiger partial charge in [0.1, 0.15) is 12.4 Å². The van der Waals surface area contributed by atoms with Gasteiger partial charge in [0, 0.05) is 4.88 Å². The lowest BCUT2D eigenvalue weighted by atomic mass is 10.1. The van der Waals surface area contributed by atoms with E-state index in [-0.39, 0.29) is 0 Å². The topological polar surface area (TPSA) is 29.5 Å². The molecule has 0 aliphatic rings. The average Bonchev–Trinajstić information content (AvgIpc) is 2.73. The van der Waals surface area contributed by atoms with E-state index in [1.807, 2.05) is 12.1 Å². The Morgan fingerprint density at radius 2 is 2.06 bits per heavy atom. The van der Waals surface area contributed by atoms with Crippen molar-refractivity contribution in [2.24, 2.45) is 0 Å². The lowest BCUT2D eigenvalue weighted by Gasteiger charge is -2.10. The fraction of sp³-hybridized carbons (Fsp3) is 0.231. The number of halogens is 2. The molecule has 1 aromatic heterocycles. The van der Waals surface area contributed by atoms with E-state index in [9.17, 15) is 5.11 Å². The molecule has 1 heterocycles. The van der Waals surface area contributed by atoms with Crippen LogP contribution in [0.1, 0.15) is 23.5 Å². The molecule has 0 spiro atoms. The Labute approximate surface area is 120 Å². The maximum absolute atomic E-state index is 9.44. The second-order valence-corrected chi connectivity index (χ2v) is 6.07. The second-order valence-electron chi connectivity index (χ2n) is 3.86. The van der Waals surface area contributed by atoms with Crippen LogP contribution in [0.25, 0.3) is 0 Å². The molecule has 0 aliphatic carbocycles.